The van der Waals surface area contributed by atoms with E-state index in [9.17, 15) is 22.4 Å². The molecule has 0 N–H and O–H groups in total. The van der Waals surface area contributed by atoms with Crippen molar-refractivity contribution in [3.63, 3.8) is 0 Å². The number of allylic oxidation sites excluding steroid dienone is 2. The van der Waals surface area contributed by atoms with E-state index in [0.29, 0.717) is 25.7 Å². The van der Waals surface area contributed by atoms with Crippen LogP contribution in [0.4, 0.5) is 17.6 Å². The second-order valence-electron chi connectivity index (χ2n) is 5.64. The summed E-state index contributed by atoms with van der Waals surface area (Å²) in [6.45, 7) is 0. The fourth-order valence-electron chi connectivity index (χ4n) is 2.63. The van der Waals surface area contributed by atoms with Gasteiger partial charge in [0.05, 0.1) is 11.1 Å². The third-order valence-electron chi connectivity index (χ3n) is 3.93. The normalized spacial score (nSPS) is 21.9. The molecule has 0 amide bonds. The van der Waals surface area contributed by atoms with Gasteiger partial charge in [-0.15, -0.1) is 0 Å². The lowest BCUT2D eigenvalue weighted by molar-refractivity contribution is -0.137. The lowest BCUT2D eigenvalue weighted by Crippen LogP contribution is -2.24. The van der Waals surface area contributed by atoms with Crippen molar-refractivity contribution in [3.05, 3.63) is 47.3 Å². The van der Waals surface area contributed by atoms with Crippen molar-refractivity contribution in [3.8, 4) is 6.07 Å². The molecule has 2 rings (SSSR count). The van der Waals surface area contributed by atoms with Crippen molar-refractivity contribution in [1.82, 2.24) is 0 Å². The maximum Gasteiger partial charge on any atom is 0.416 e. The van der Waals surface area contributed by atoms with E-state index in [1.165, 1.54) is 12.1 Å². The van der Waals surface area contributed by atoms with E-state index in [2.05, 4.69) is 0 Å². The molecule has 0 heterocycles. The molecule has 0 spiro atoms. The highest BCUT2D eigenvalue weighted by molar-refractivity contribution is 5.89. The number of halogens is 4. The molecule has 1 fully saturated rings. The summed E-state index contributed by atoms with van der Waals surface area (Å²) in [5, 5.41) is 8.40. The fourth-order valence-corrected chi connectivity index (χ4v) is 2.63. The van der Waals surface area contributed by atoms with Gasteiger partial charge < -0.3 is 4.74 Å². The quantitative estimate of drug-likeness (QED) is 0.451. The number of esters is 1. The number of hydrogen-bond acceptors (Lipinski definition) is 3. The third-order valence-corrected chi connectivity index (χ3v) is 3.93. The van der Waals surface area contributed by atoms with E-state index >= 15 is 0 Å². The fraction of sp³-hybridized carbons (Fsp3) is 0.412. The zero-order valence-electron chi connectivity index (χ0n) is 12.6. The van der Waals surface area contributed by atoms with Crippen LogP contribution >= 0.6 is 0 Å². The van der Waals surface area contributed by atoms with Crippen LogP contribution in [0.5, 0.6) is 0 Å². The highest BCUT2D eigenvalue weighted by Gasteiger charge is 2.30. The van der Waals surface area contributed by atoms with Crippen molar-refractivity contribution >= 4 is 5.97 Å². The van der Waals surface area contributed by atoms with Crippen molar-refractivity contribution in [2.45, 2.75) is 38.0 Å². The Balaban J connectivity index is 1.89. The SMILES string of the molecule is N#C/C(F)=C\C1CCC(OC(=O)c2ccc(C(F)(F)F)cc2)CC1. The summed E-state index contributed by atoms with van der Waals surface area (Å²) in [6, 6.07) is 5.26. The van der Waals surface area contributed by atoms with Crippen LogP contribution in [0, 0.1) is 17.2 Å². The number of nitriles is 1. The number of alkyl halides is 3. The Bertz CT molecular complexity index is 651. The van der Waals surface area contributed by atoms with Gasteiger partial charge >= 0.3 is 12.1 Å². The summed E-state index contributed by atoms with van der Waals surface area (Å²) in [7, 11) is 0. The molecular formula is C17H15F4NO2. The van der Waals surface area contributed by atoms with Crippen LogP contribution in [0.2, 0.25) is 0 Å². The summed E-state index contributed by atoms with van der Waals surface area (Å²) in [6.07, 6.45) is -1.32. The van der Waals surface area contributed by atoms with Crippen LogP contribution in [0.15, 0.2) is 36.2 Å². The number of nitrogens with zero attached hydrogens (tertiary/aromatic N) is 1. The lowest BCUT2D eigenvalue weighted by Gasteiger charge is -2.26. The first-order valence-corrected chi connectivity index (χ1v) is 7.45. The van der Waals surface area contributed by atoms with E-state index in [1.54, 1.807) is 0 Å². The van der Waals surface area contributed by atoms with Gasteiger partial charge in [-0.1, -0.05) is 0 Å². The number of hydrogen-bond donors (Lipinski definition) is 0. The minimum atomic E-state index is -4.45. The first-order chi connectivity index (χ1) is 11.3. The van der Waals surface area contributed by atoms with Crippen LogP contribution in [0.1, 0.15) is 41.6 Å². The Hall–Kier alpha value is -2.36. The van der Waals surface area contributed by atoms with E-state index in [-0.39, 0.29) is 17.6 Å². The van der Waals surface area contributed by atoms with Crippen LogP contribution in [0.25, 0.3) is 0 Å². The topological polar surface area (TPSA) is 50.1 Å². The molecule has 24 heavy (non-hydrogen) atoms. The molecule has 0 radical (unpaired) electrons. The average Bonchev–Trinajstić information content (AvgIpc) is 2.55. The van der Waals surface area contributed by atoms with Crippen LogP contribution in [0.3, 0.4) is 0 Å². The first kappa shape index (κ1) is 18.0. The second kappa shape index (κ2) is 7.47. The minimum Gasteiger partial charge on any atom is -0.459 e. The highest BCUT2D eigenvalue weighted by Crippen LogP contribution is 2.30. The van der Waals surface area contributed by atoms with E-state index in [0.717, 1.165) is 24.3 Å². The van der Waals surface area contributed by atoms with Crippen molar-refractivity contribution in [1.29, 1.82) is 5.26 Å². The van der Waals surface area contributed by atoms with Crippen LogP contribution in [-0.2, 0) is 10.9 Å². The summed E-state index contributed by atoms with van der Waals surface area (Å²) in [5.74, 6) is -1.56. The summed E-state index contributed by atoms with van der Waals surface area (Å²) >= 11 is 0. The molecule has 0 aromatic heterocycles. The number of carbonyl (C=O) groups is 1. The van der Waals surface area contributed by atoms with Crippen molar-refractivity contribution < 1.29 is 27.1 Å². The molecule has 0 unspecified atom stereocenters. The predicted molar refractivity (Wildman–Crippen MR) is 77.4 cm³/mol. The van der Waals surface area contributed by atoms with Gasteiger partial charge in [-0.3, -0.25) is 0 Å². The van der Waals surface area contributed by atoms with Gasteiger partial charge in [-0.25, -0.2) is 4.79 Å². The standard InChI is InChI=1S/C17H15F4NO2/c18-14(10-22)9-11-1-7-15(8-2-11)24-16(23)12-3-5-13(6-4-12)17(19,20)21/h3-6,9,11,15H,1-2,7-8H2/b14-9+. The molecule has 1 aromatic carbocycles. The van der Waals surface area contributed by atoms with Gasteiger partial charge in [0, 0.05) is 0 Å². The molecule has 1 saturated carbocycles. The largest absolute Gasteiger partial charge is 0.459 e. The third kappa shape index (κ3) is 4.82. The van der Waals surface area contributed by atoms with Gasteiger partial charge in [0.2, 0.25) is 0 Å². The molecule has 1 aliphatic carbocycles. The number of ether oxygens (including phenoxy) is 1. The Labute approximate surface area is 136 Å². The molecular weight excluding hydrogens is 326 g/mol. The molecule has 128 valence electrons. The first-order valence-electron chi connectivity index (χ1n) is 7.45. The van der Waals surface area contributed by atoms with Gasteiger partial charge in [-0.2, -0.15) is 22.8 Å². The Morgan fingerprint density at radius 2 is 1.75 bits per heavy atom. The van der Waals surface area contributed by atoms with E-state index < -0.39 is 23.5 Å². The lowest BCUT2D eigenvalue weighted by atomic mass is 9.87. The minimum absolute atomic E-state index is 0.0561. The average molecular weight is 341 g/mol. The molecule has 0 saturated heterocycles. The molecule has 1 aromatic rings. The Morgan fingerprint density at radius 1 is 1.17 bits per heavy atom. The summed E-state index contributed by atoms with van der Waals surface area (Å²) < 4.78 is 55.6. The zero-order valence-corrected chi connectivity index (χ0v) is 12.6. The predicted octanol–water partition coefficient (Wildman–Crippen LogP) is 4.80. The molecule has 1 aliphatic rings. The van der Waals surface area contributed by atoms with Crippen molar-refractivity contribution in [2.75, 3.05) is 0 Å². The highest BCUT2D eigenvalue weighted by atomic mass is 19.4. The number of benzene rings is 1. The van der Waals surface area contributed by atoms with Gasteiger partial charge in [0.25, 0.3) is 0 Å². The maximum absolute atomic E-state index is 12.9. The monoisotopic (exact) mass is 341 g/mol. The molecule has 3 nitrogen and oxygen atoms in total. The molecule has 0 bridgehead atoms. The molecule has 0 aliphatic heterocycles. The molecule has 7 heteroatoms. The second-order valence-corrected chi connectivity index (χ2v) is 5.64. The van der Waals surface area contributed by atoms with Gasteiger partial charge in [0.15, 0.2) is 5.83 Å². The van der Waals surface area contributed by atoms with E-state index in [4.69, 9.17) is 10.00 Å². The Morgan fingerprint density at radius 3 is 2.25 bits per heavy atom. The van der Waals surface area contributed by atoms with E-state index in [1.807, 2.05) is 0 Å². The van der Waals surface area contributed by atoms with Crippen molar-refractivity contribution in [2.24, 2.45) is 5.92 Å². The summed E-state index contributed by atoms with van der Waals surface area (Å²) in [5.41, 5.74) is -0.772. The van der Waals surface area contributed by atoms with Crippen LogP contribution < -0.4 is 0 Å². The molecule has 0 atom stereocenters. The smallest absolute Gasteiger partial charge is 0.416 e. The zero-order chi connectivity index (χ0) is 17.7. The summed E-state index contributed by atoms with van der Waals surface area (Å²) in [4.78, 5) is 12.0. The number of carbonyl (C=O) groups excluding carboxylic acids is 1. The van der Waals surface area contributed by atoms with Crippen LogP contribution in [-0.4, -0.2) is 12.1 Å². The Kier molecular flexibility index (Phi) is 5.60. The van der Waals surface area contributed by atoms with Gasteiger partial charge in [0.1, 0.15) is 12.2 Å². The number of rotatable bonds is 3. The maximum atomic E-state index is 12.9. The van der Waals surface area contributed by atoms with Gasteiger partial charge in [-0.05, 0) is 61.9 Å².